The standard InChI is InChI=1S/C19H23N3O2.2C2HF3O2/c1-14-4-5-16(24-14)13-22-9-6-19(7-10-22)11-17(18(23)21-19)15-3-2-8-20-12-15;2*3-2(4,5)1(6)7/h2-5,8,12,17H,6-7,9-11,13H2,1H3,(H,21,23);2*(H,6,7). The van der Waals surface area contributed by atoms with Crippen molar-refractivity contribution in [2.45, 2.75) is 56.5 Å². The number of carbonyl (C=O) groups excluding carboxylic acids is 1. The summed E-state index contributed by atoms with van der Waals surface area (Å²) in [6.07, 6.45) is -3.73. The number of nitrogens with one attached hydrogen (secondary N) is 1. The van der Waals surface area contributed by atoms with Crippen LogP contribution in [-0.2, 0) is 20.9 Å². The molecule has 4 rings (SSSR count). The van der Waals surface area contributed by atoms with Gasteiger partial charge in [-0.1, -0.05) is 6.07 Å². The highest BCUT2D eigenvalue weighted by molar-refractivity contribution is 5.87. The number of pyridine rings is 1. The number of aryl methyl sites for hydroxylation is 1. The summed E-state index contributed by atoms with van der Waals surface area (Å²) >= 11 is 0. The van der Waals surface area contributed by atoms with E-state index >= 15 is 0 Å². The van der Waals surface area contributed by atoms with Crippen molar-refractivity contribution in [2.24, 2.45) is 0 Å². The van der Waals surface area contributed by atoms with Crippen LogP contribution < -0.4 is 5.32 Å². The van der Waals surface area contributed by atoms with Crippen molar-refractivity contribution in [3.8, 4) is 0 Å². The summed E-state index contributed by atoms with van der Waals surface area (Å²) in [6, 6.07) is 7.97. The molecule has 4 heterocycles. The molecule has 3 N–H and O–H groups in total. The van der Waals surface area contributed by atoms with Gasteiger partial charge in [0.2, 0.25) is 5.91 Å². The van der Waals surface area contributed by atoms with Crippen LogP contribution in [0.4, 0.5) is 26.3 Å². The first-order chi connectivity index (χ1) is 17.5. The molecule has 1 unspecified atom stereocenters. The molecule has 2 aliphatic heterocycles. The van der Waals surface area contributed by atoms with Gasteiger partial charge in [0.25, 0.3) is 0 Å². The SMILES string of the molecule is Cc1ccc(CN2CCC3(CC2)CC(c2cccnc2)C(=O)N3)o1.O=C(O)C(F)(F)F.O=C(O)C(F)(F)F. The van der Waals surface area contributed by atoms with E-state index in [-0.39, 0.29) is 17.4 Å². The summed E-state index contributed by atoms with van der Waals surface area (Å²) in [6.45, 7) is 4.80. The molecule has 210 valence electrons. The molecule has 0 aromatic carbocycles. The van der Waals surface area contributed by atoms with Gasteiger partial charge in [-0.2, -0.15) is 26.3 Å². The average Bonchev–Trinajstić information content (AvgIpc) is 3.38. The molecule has 2 aromatic rings. The number of piperidine rings is 1. The van der Waals surface area contributed by atoms with Crippen LogP contribution in [0.2, 0.25) is 0 Å². The maximum Gasteiger partial charge on any atom is 0.490 e. The highest BCUT2D eigenvalue weighted by atomic mass is 19.4. The maximum absolute atomic E-state index is 12.5. The lowest BCUT2D eigenvalue weighted by Crippen LogP contribution is -2.50. The lowest BCUT2D eigenvalue weighted by molar-refractivity contribution is -0.193. The van der Waals surface area contributed by atoms with Crippen molar-refractivity contribution in [2.75, 3.05) is 13.1 Å². The molecule has 0 saturated carbocycles. The Morgan fingerprint density at radius 2 is 1.63 bits per heavy atom. The lowest BCUT2D eigenvalue weighted by atomic mass is 9.82. The summed E-state index contributed by atoms with van der Waals surface area (Å²) in [5, 5.41) is 17.5. The molecular weight excluding hydrogens is 528 g/mol. The first-order valence-corrected chi connectivity index (χ1v) is 11.1. The summed E-state index contributed by atoms with van der Waals surface area (Å²) in [7, 11) is 0. The Labute approximate surface area is 212 Å². The van der Waals surface area contributed by atoms with Gasteiger partial charge in [-0.3, -0.25) is 14.7 Å². The largest absolute Gasteiger partial charge is 0.490 e. The fourth-order valence-corrected chi connectivity index (χ4v) is 3.99. The summed E-state index contributed by atoms with van der Waals surface area (Å²) < 4.78 is 69.1. The quantitative estimate of drug-likeness (QED) is 0.488. The topological polar surface area (TPSA) is 133 Å². The van der Waals surface area contributed by atoms with Gasteiger partial charge in [0, 0.05) is 31.0 Å². The van der Waals surface area contributed by atoms with Crippen molar-refractivity contribution in [1.82, 2.24) is 15.2 Å². The monoisotopic (exact) mass is 553 g/mol. The fraction of sp³-hybridized carbons (Fsp3) is 0.478. The Bertz CT molecular complexity index is 1070. The number of amides is 1. The zero-order chi connectivity index (χ0) is 28.7. The van der Waals surface area contributed by atoms with Crippen molar-refractivity contribution >= 4 is 17.8 Å². The zero-order valence-corrected chi connectivity index (χ0v) is 20.0. The van der Waals surface area contributed by atoms with E-state index in [4.69, 9.17) is 24.2 Å². The van der Waals surface area contributed by atoms with Crippen LogP contribution >= 0.6 is 0 Å². The van der Waals surface area contributed by atoms with Crippen LogP contribution in [0, 0.1) is 6.92 Å². The number of carbonyl (C=O) groups is 3. The number of aliphatic carboxylic acids is 2. The number of rotatable bonds is 3. The molecule has 0 aliphatic carbocycles. The number of carboxylic acid groups (broad SMARTS) is 2. The Balaban J connectivity index is 0.000000301. The van der Waals surface area contributed by atoms with E-state index in [1.807, 2.05) is 31.3 Å². The van der Waals surface area contributed by atoms with Crippen molar-refractivity contribution in [3.05, 3.63) is 53.7 Å². The molecule has 1 amide bonds. The Kier molecular flexibility index (Phi) is 9.89. The van der Waals surface area contributed by atoms with Crippen molar-refractivity contribution < 1.29 is 55.4 Å². The van der Waals surface area contributed by atoms with E-state index < -0.39 is 24.3 Å². The fourth-order valence-electron chi connectivity index (χ4n) is 3.99. The van der Waals surface area contributed by atoms with Crippen LogP contribution in [0.25, 0.3) is 0 Å². The third-order valence-electron chi connectivity index (χ3n) is 5.86. The molecule has 2 aromatic heterocycles. The van der Waals surface area contributed by atoms with E-state index in [9.17, 15) is 31.1 Å². The minimum atomic E-state index is -5.08. The number of likely N-dealkylation sites (tertiary alicyclic amines) is 1. The number of hydrogen-bond donors (Lipinski definition) is 3. The maximum atomic E-state index is 12.5. The second kappa shape index (κ2) is 12.3. The minimum Gasteiger partial charge on any atom is -0.475 e. The molecule has 1 atom stereocenters. The Morgan fingerprint density at radius 1 is 1.08 bits per heavy atom. The van der Waals surface area contributed by atoms with E-state index in [1.165, 1.54) is 0 Å². The van der Waals surface area contributed by atoms with E-state index in [0.717, 1.165) is 56.0 Å². The van der Waals surface area contributed by atoms with Gasteiger partial charge in [0.05, 0.1) is 12.5 Å². The van der Waals surface area contributed by atoms with Gasteiger partial charge >= 0.3 is 24.3 Å². The predicted molar refractivity (Wildman–Crippen MR) is 118 cm³/mol. The molecule has 9 nitrogen and oxygen atoms in total. The highest BCUT2D eigenvalue weighted by Gasteiger charge is 2.46. The first kappa shape index (κ1) is 30.6. The van der Waals surface area contributed by atoms with Gasteiger partial charge in [0.1, 0.15) is 11.5 Å². The molecule has 15 heteroatoms. The summed E-state index contributed by atoms with van der Waals surface area (Å²) in [5.74, 6) is -3.44. The zero-order valence-electron chi connectivity index (χ0n) is 20.0. The molecule has 2 saturated heterocycles. The summed E-state index contributed by atoms with van der Waals surface area (Å²) in [4.78, 5) is 36.8. The van der Waals surface area contributed by atoms with Gasteiger partial charge in [-0.05, 0) is 49.9 Å². The molecule has 2 fully saturated rings. The number of carboxylic acids is 2. The van der Waals surface area contributed by atoms with E-state index in [0.29, 0.717) is 0 Å². The van der Waals surface area contributed by atoms with Gasteiger partial charge in [0.15, 0.2) is 0 Å². The number of nitrogens with zero attached hydrogens (tertiary/aromatic N) is 2. The normalized spacial score (nSPS) is 19.0. The Hall–Kier alpha value is -3.62. The third-order valence-corrected chi connectivity index (χ3v) is 5.86. The molecule has 2 aliphatic rings. The number of halogens is 6. The average molecular weight is 553 g/mol. The van der Waals surface area contributed by atoms with Crippen molar-refractivity contribution in [1.29, 1.82) is 0 Å². The van der Waals surface area contributed by atoms with Crippen molar-refractivity contribution in [3.63, 3.8) is 0 Å². The van der Waals surface area contributed by atoms with E-state index in [2.05, 4.69) is 21.3 Å². The highest BCUT2D eigenvalue weighted by Crippen LogP contribution is 2.39. The Morgan fingerprint density at radius 3 is 2.05 bits per heavy atom. The molecule has 38 heavy (non-hydrogen) atoms. The number of aromatic nitrogens is 1. The summed E-state index contributed by atoms with van der Waals surface area (Å²) in [5.41, 5.74) is 0.980. The van der Waals surface area contributed by atoms with Gasteiger partial charge in [-0.25, -0.2) is 9.59 Å². The molecule has 0 bridgehead atoms. The lowest BCUT2D eigenvalue weighted by Gasteiger charge is -2.39. The predicted octanol–water partition coefficient (Wildman–Crippen LogP) is 3.89. The first-order valence-electron chi connectivity index (χ1n) is 11.1. The molecular formula is C23H25F6N3O6. The molecule has 0 radical (unpaired) electrons. The molecule has 1 spiro atoms. The number of hydrogen-bond acceptors (Lipinski definition) is 6. The van der Waals surface area contributed by atoms with Crippen LogP contribution in [0.15, 0.2) is 41.1 Å². The smallest absolute Gasteiger partial charge is 0.475 e. The van der Waals surface area contributed by atoms with Crippen LogP contribution in [0.3, 0.4) is 0 Å². The van der Waals surface area contributed by atoms with E-state index in [1.54, 1.807) is 6.20 Å². The second-order valence-corrected chi connectivity index (χ2v) is 8.71. The third kappa shape index (κ3) is 9.04. The number of alkyl halides is 6. The number of furan rings is 1. The van der Waals surface area contributed by atoms with Gasteiger partial charge < -0.3 is 19.9 Å². The van der Waals surface area contributed by atoms with Crippen LogP contribution in [0.5, 0.6) is 0 Å². The van der Waals surface area contributed by atoms with Crippen LogP contribution in [0.1, 0.15) is 42.3 Å². The van der Waals surface area contributed by atoms with Crippen LogP contribution in [-0.4, -0.2) is 68.9 Å². The van der Waals surface area contributed by atoms with Gasteiger partial charge in [-0.15, -0.1) is 0 Å². The second-order valence-electron chi connectivity index (χ2n) is 8.71. The minimum absolute atomic E-state index is 0.0484.